The predicted octanol–water partition coefficient (Wildman–Crippen LogP) is 0.370. The molecule has 0 aliphatic carbocycles. The zero-order valence-corrected chi connectivity index (χ0v) is 5.26. The van der Waals surface area contributed by atoms with E-state index in [1.54, 1.807) is 0 Å². The first-order valence-electron chi connectivity index (χ1n) is 3.14. The van der Waals surface area contributed by atoms with Gasteiger partial charge in [0.2, 0.25) is 0 Å². The Morgan fingerprint density at radius 2 is 2.38 bits per heavy atom. The zero-order chi connectivity index (χ0) is 5.98. The molecule has 2 N–H and O–H groups in total. The lowest BCUT2D eigenvalue weighted by molar-refractivity contribution is 0.0491. The van der Waals surface area contributed by atoms with E-state index in [4.69, 9.17) is 10.5 Å². The van der Waals surface area contributed by atoms with Crippen LogP contribution in [0.3, 0.4) is 0 Å². The molecule has 2 heteroatoms. The van der Waals surface area contributed by atoms with Gasteiger partial charge in [-0.1, -0.05) is 6.92 Å². The lowest BCUT2D eigenvalue weighted by Crippen LogP contribution is -2.36. The van der Waals surface area contributed by atoms with E-state index in [9.17, 15) is 0 Å². The quantitative estimate of drug-likeness (QED) is 0.495. The van der Waals surface area contributed by atoms with Crippen LogP contribution in [0.15, 0.2) is 0 Å². The molecule has 0 saturated carbocycles. The van der Waals surface area contributed by atoms with Gasteiger partial charge in [0.1, 0.15) is 0 Å². The average Bonchev–Trinajstić information content (AvgIpc) is 1.77. The molecule has 0 aromatic carbocycles. The van der Waals surface area contributed by atoms with Crippen LogP contribution in [-0.2, 0) is 4.74 Å². The maximum atomic E-state index is 5.70. The van der Waals surface area contributed by atoms with Crippen LogP contribution in [0, 0.1) is 5.92 Å². The molecule has 48 valence electrons. The Morgan fingerprint density at radius 1 is 1.62 bits per heavy atom. The normalized spacial score (nSPS) is 39.8. The molecule has 8 heavy (non-hydrogen) atoms. The maximum absolute atomic E-state index is 5.70. The number of ether oxygens (including phenoxy) is 1. The van der Waals surface area contributed by atoms with E-state index in [1.807, 2.05) is 0 Å². The van der Waals surface area contributed by atoms with Crippen LogP contribution in [0.4, 0.5) is 0 Å². The molecule has 1 saturated heterocycles. The molecular formula is C6H13NO. The number of hydrogen-bond acceptors (Lipinski definition) is 2. The Labute approximate surface area is 50.0 Å². The van der Waals surface area contributed by atoms with Gasteiger partial charge >= 0.3 is 0 Å². The van der Waals surface area contributed by atoms with Crippen molar-refractivity contribution in [2.75, 3.05) is 13.2 Å². The molecule has 0 bridgehead atoms. The van der Waals surface area contributed by atoms with Crippen molar-refractivity contribution in [2.24, 2.45) is 11.7 Å². The van der Waals surface area contributed by atoms with Gasteiger partial charge in [0.25, 0.3) is 0 Å². The van der Waals surface area contributed by atoms with Gasteiger partial charge in [-0.2, -0.15) is 0 Å². The third-order valence-electron chi connectivity index (χ3n) is 1.71. The van der Waals surface area contributed by atoms with Crippen LogP contribution in [-0.4, -0.2) is 19.3 Å². The van der Waals surface area contributed by atoms with Crippen LogP contribution >= 0.6 is 0 Å². The number of hydrogen-bond donors (Lipinski definition) is 1. The first-order chi connectivity index (χ1) is 3.80. The van der Waals surface area contributed by atoms with E-state index < -0.39 is 0 Å². The van der Waals surface area contributed by atoms with Crippen LogP contribution in [0.25, 0.3) is 0 Å². The Balaban J connectivity index is 2.28. The molecule has 1 rings (SSSR count). The van der Waals surface area contributed by atoms with Gasteiger partial charge < -0.3 is 10.5 Å². The highest BCUT2D eigenvalue weighted by Crippen LogP contribution is 2.10. The Kier molecular flexibility index (Phi) is 1.86. The minimum absolute atomic E-state index is 0.378. The second-order valence-corrected chi connectivity index (χ2v) is 2.50. The van der Waals surface area contributed by atoms with Crippen molar-refractivity contribution in [1.29, 1.82) is 0 Å². The first-order valence-corrected chi connectivity index (χ1v) is 3.14. The Bertz CT molecular complexity index is 64.9. The topological polar surface area (TPSA) is 35.2 Å². The average molecular weight is 115 g/mol. The van der Waals surface area contributed by atoms with E-state index in [-0.39, 0.29) is 0 Å². The summed E-state index contributed by atoms with van der Waals surface area (Å²) in [5, 5.41) is 0. The molecule has 0 aromatic heterocycles. The number of rotatable bonds is 0. The molecule has 1 aliphatic heterocycles. The smallest absolute Gasteiger partial charge is 0.0506 e. The molecule has 0 aromatic rings. The molecule has 0 amide bonds. The fourth-order valence-corrected chi connectivity index (χ4v) is 0.897. The summed E-state index contributed by atoms with van der Waals surface area (Å²) in [7, 11) is 0. The van der Waals surface area contributed by atoms with Crippen LogP contribution in [0.1, 0.15) is 13.3 Å². The second-order valence-electron chi connectivity index (χ2n) is 2.50. The lowest BCUT2D eigenvalue weighted by atomic mass is 9.99. The fraction of sp³-hybridized carbons (Fsp3) is 1.00. The molecule has 2 atom stereocenters. The van der Waals surface area contributed by atoms with E-state index in [0.29, 0.717) is 12.0 Å². The second kappa shape index (κ2) is 2.46. The lowest BCUT2D eigenvalue weighted by Gasteiger charge is -2.24. The minimum Gasteiger partial charge on any atom is -0.381 e. The fourth-order valence-electron chi connectivity index (χ4n) is 0.897. The van der Waals surface area contributed by atoms with Gasteiger partial charge in [0.05, 0.1) is 6.61 Å². The van der Waals surface area contributed by atoms with Gasteiger partial charge in [-0.05, 0) is 12.3 Å². The third kappa shape index (κ3) is 1.20. The highest BCUT2D eigenvalue weighted by Gasteiger charge is 2.16. The highest BCUT2D eigenvalue weighted by molar-refractivity contribution is 4.71. The molecule has 1 fully saturated rings. The van der Waals surface area contributed by atoms with Crippen LogP contribution in [0.2, 0.25) is 0 Å². The Morgan fingerprint density at radius 3 is 2.75 bits per heavy atom. The van der Waals surface area contributed by atoms with Crippen molar-refractivity contribution in [3.8, 4) is 0 Å². The summed E-state index contributed by atoms with van der Waals surface area (Å²) in [5.41, 5.74) is 5.70. The van der Waals surface area contributed by atoms with E-state index in [2.05, 4.69) is 6.92 Å². The summed E-state index contributed by atoms with van der Waals surface area (Å²) >= 11 is 0. The van der Waals surface area contributed by atoms with E-state index >= 15 is 0 Å². The van der Waals surface area contributed by atoms with Crippen LogP contribution in [0.5, 0.6) is 0 Å². The van der Waals surface area contributed by atoms with Crippen molar-refractivity contribution >= 4 is 0 Å². The summed E-state index contributed by atoms with van der Waals surface area (Å²) in [6.07, 6.45) is 1.03. The summed E-state index contributed by atoms with van der Waals surface area (Å²) in [5.74, 6) is 0.559. The zero-order valence-electron chi connectivity index (χ0n) is 5.26. The van der Waals surface area contributed by atoms with Crippen molar-refractivity contribution in [1.82, 2.24) is 0 Å². The summed E-state index contributed by atoms with van der Waals surface area (Å²) in [6, 6.07) is 0.378. The standard InChI is InChI=1S/C6H13NO/c1-5-4-8-3-2-6(5)7/h5-6H,2-4,7H2,1H3/t5-,6?/m1/s1. The highest BCUT2D eigenvalue weighted by atomic mass is 16.5. The SMILES string of the molecule is C[C@@H]1COCCC1N. The molecule has 1 heterocycles. The largest absolute Gasteiger partial charge is 0.381 e. The first kappa shape index (κ1) is 6.05. The summed E-state index contributed by atoms with van der Waals surface area (Å²) in [6.45, 7) is 3.83. The van der Waals surface area contributed by atoms with Crippen molar-refractivity contribution in [2.45, 2.75) is 19.4 Å². The molecule has 1 unspecified atom stereocenters. The van der Waals surface area contributed by atoms with Crippen molar-refractivity contribution in [3.63, 3.8) is 0 Å². The maximum Gasteiger partial charge on any atom is 0.0506 e. The monoisotopic (exact) mass is 115 g/mol. The summed E-state index contributed by atoms with van der Waals surface area (Å²) in [4.78, 5) is 0. The molecule has 0 spiro atoms. The van der Waals surface area contributed by atoms with Gasteiger partial charge in [0, 0.05) is 12.6 Å². The Hall–Kier alpha value is -0.0800. The molecule has 0 radical (unpaired) electrons. The molecule has 2 nitrogen and oxygen atoms in total. The molecule has 1 aliphatic rings. The van der Waals surface area contributed by atoms with Crippen LogP contribution < -0.4 is 5.73 Å². The van der Waals surface area contributed by atoms with Gasteiger partial charge in [-0.25, -0.2) is 0 Å². The van der Waals surface area contributed by atoms with E-state index in [1.165, 1.54) is 0 Å². The summed E-state index contributed by atoms with van der Waals surface area (Å²) < 4.78 is 5.17. The number of nitrogens with two attached hydrogens (primary N) is 1. The predicted molar refractivity (Wildman–Crippen MR) is 32.6 cm³/mol. The van der Waals surface area contributed by atoms with Gasteiger partial charge in [-0.15, -0.1) is 0 Å². The third-order valence-corrected chi connectivity index (χ3v) is 1.71. The van der Waals surface area contributed by atoms with Crippen molar-refractivity contribution in [3.05, 3.63) is 0 Å². The minimum atomic E-state index is 0.378. The van der Waals surface area contributed by atoms with Gasteiger partial charge in [0.15, 0.2) is 0 Å². The van der Waals surface area contributed by atoms with E-state index in [0.717, 1.165) is 19.6 Å². The van der Waals surface area contributed by atoms with Crippen molar-refractivity contribution < 1.29 is 4.74 Å². The molecular weight excluding hydrogens is 102 g/mol. The van der Waals surface area contributed by atoms with Gasteiger partial charge in [-0.3, -0.25) is 0 Å².